The number of nitrogens with zero attached hydrogens (tertiary/aromatic N) is 2. The average Bonchev–Trinajstić information content (AvgIpc) is 1.60. The highest BCUT2D eigenvalue weighted by Crippen LogP contribution is 2.12. The van der Waals surface area contributed by atoms with Crippen molar-refractivity contribution in [2.24, 2.45) is 0 Å². The van der Waals surface area contributed by atoms with Crippen molar-refractivity contribution < 1.29 is 4.48 Å². The van der Waals surface area contributed by atoms with E-state index in [-0.39, 0.29) is 0 Å². The van der Waals surface area contributed by atoms with Gasteiger partial charge in [0.15, 0.2) is 0 Å². The number of rotatable bonds is 1. The maximum atomic E-state index is 2.43. The van der Waals surface area contributed by atoms with Crippen LogP contribution in [0.5, 0.6) is 0 Å². The molecule has 0 aliphatic carbocycles. The molecule has 0 spiro atoms. The predicted octanol–water partition coefficient (Wildman–Crippen LogP) is 0.313. The van der Waals surface area contributed by atoms with Crippen molar-refractivity contribution >= 4 is 0 Å². The van der Waals surface area contributed by atoms with E-state index in [4.69, 9.17) is 0 Å². The molecule has 0 aromatic rings. The van der Waals surface area contributed by atoms with E-state index < -0.39 is 0 Å². The van der Waals surface area contributed by atoms with Crippen molar-refractivity contribution in [3.63, 3.8) is 0 Å². The molecular formula is C6H15N2+. The Labute approximate surface area is 51.3 Å². The number of hydrogen-bond donors (Lipinski definition) is 0. The van der Waals surface area contributed by atoms with Crippen LogP contribution >= 0.6 is 0 Å². The van der Waals surface area contributed by atoms with E-state index in [2.05, 4.69) is 25.9 Å². The minimum absolute atomic E-state index is 1.17. The highest BCUT2D eigenvalue weighted by Gasteiger charge is 2.31. The van der Waals surface area contributed by atoms with Crippen LogP contribution in [0.3, 0.4) is 0 Å². The molecule has 2 heteroatoms. The molecule has 48 valence electrons. The fourth-order valence-corrected chi connectivity index (χ4v) is 1.24. The smallest absolute Gasteiger partial charge is 0.140 e. The van der Waals surface area contributed by atoms with Gasteiger partial charge in [-0.15, -0.1) is 0 Å². The SMILES string of the molecule is CCN1C[N+](C)(C)C1. The number of quaternary nitrogens is 1. The topological polar surface area (TPSA) is 3.24 Å². The Morgan fingerprint density at radius 3 is 2.00 bits per heavy atom. The number of hydrogen-bond acceptors (Lipinski definition) is 1. The van der Waals surface area contributed by atoms with Gasteiger partial charge in [0, 0.05) is 6.54 Å². The summed E-state index contributed by atoms with van der Waals surface area (Å²) in [4.78, 5) is 2.43. The van der Waals surface area contributed by atoms with Gasteiger partial charge in [-0.3, -0.25) is 0 Å². The molecule has 0 saturated carbocycles. The first-order chi connectivity index (χ1) is 3.64. The van der Waals surface area contributed by atoms with E-state index >= 15 is 0 Å². The highest BCUT2D eigenvalue weighted by molar-refractivity contribution is 4.49. The van der Waals surface area contributed by atoms with Gasteiger partial charge in [0.25, 0.3) is 0 Å². The monoisotopic (exact) mass is 115 g/mol. The lowest BCUT2D eigenvalue weighted by Gasteiger charge is -2.46. The van der Waals surface area contributed by atoms with Gasteiger partial charge >= 0.3 is 0 Å². The Hall–Kier alpha value is -0.0800. The first-order valence-electron chi connectivity index (χ1n) is 3.18. The molecule has 0 aromatic carbocycles. The zero-order valence-electron chi connectivity index (χ0n) is 6.02. The van der Waals surface area contributed by atoms with Crippen LogP contribution in [-0.4, -0.2) is 43.4 Å². The van der Waals surface area contributed by atoms with Crippen LogP contribution in [0.1, 0.15) is 6.92 Å². The molecule has 2 nitrogen and oxygen atoms in total. The van der Waals surface area contributed by atoms with Crippen LogP contribution in [0.2, 0.25) is 0 Å². The maximum Gasteiger partial charge on any atom is 0.140 e. The summed E-state index contributed by atoms with van der Waals surface area (Å²) in [6.45, 7) is 5.88. The van der Waals surface area contributed by atoms with Gasteiger partial charge in [0.05, 0.1) is 14.1 Å². The normalized spacial score (nSPS) is 27.4. The minimum atomic E-state index is 1.17. The van der Waals surface area contributed by atoms with Gasteiger partial charge in [0.2, 0.25) is 0 Å². The summed E-state index contributed by atoms with van der Waals surface area (Å²) < 4.78 is 1.17. The summed E-state index contributed by atoms with van der Waals surface area (Å²) in [6, 6.07) is 0. The van der Waals surface area contributed by atoms with Gasteiger partial charge in [0.1, 0.15) is 13.3 Å². The Balaban J connectivity index is 2.21. The predicted molar refractivity (Wildman–Crippen MR) is 34.2 cm³/mol. The largest absolute Gasteiger partial charge is 0.303 e. The summed E-state index contributed by atoms with van der Waals surface area (Å²) >= 11 is 0. The van der Waals surface area contributed by atoms with E-state index in [1.807, 2.05) is 0 Å². The summed E-state index contributed by atoms with van der Waals surface area (Å²) in [5, 5.41) is 0. The Morgan fingerprint density at radius 1 is 1.38 bits per heavy atom. The molecule has 1 heterocycles. The van der Waals surface area contributed by atoms with Crippen molar-refractivity contribution in [1.29, 1.82) is 0 Å². The third kappa shape index (κ3) is 1.01. The van der Waals surface area contributed by atoms with E-state index in [1.54, 1.807) is 0 Å². The first-order valence-corrected chi connectivity index (χ1v) is 3.18. The van der Waals surface area contributed by atoms with Crippen molar-refractivity contribution in [2.75, 3.05) is 34.0 Å². The third-order valence-corrected chi connectivity index (χ3v) is 1.61. The highest BCUT2D eigenvalue weighted by atomic mass is 15.6. The Bertz CT molecular complexity index is 80.5. The van der Waals surface area contributed by atoms with Crippen LogP contribution in [0.25, 0.3) is 0 Å². The second kappa shape index (κ2) is 1.71. The molecule has 1 aliphatic rings. The van der Waals surface area contributed by atoms with Gasteiger partial charge < -0.3 is 4.48 Å². The third-order valence-electron chi connectivity index (χ3n) is 1.61. The summed E-state index contributed by atoms with van der Waals surface area (Å²) in [7, 11) is 4.51. The summed E-state index contributed by atoms with van der Waals surface area (Å²) in [5.74, 6) is 0. The second-order valence-electron chi connectivity index (χ2n) is 3.21. The minimum Gasteiger partial charge on any atom is -0.303 e. The molecular weight excluding hydrogens is 100 g/mol. The molecule has 1 aliphatic heterocycles. The molecule has 1 fully saturated rings. The van der Waals surface area contributed by atoms with Crippen LogP contribution in [0.15, 0.2) is 0 Å². The van der Waals surface area contributed by atoms with Crippen molar-refractivity contribution in [2.45, 2.75) is 6.92 Å². The van der Waals surface area contributed by atoms with E-state index in [0.717, 1.165) is 0 Å². The summed E-state index contributed by atoms with van der Waals surface area (Å²) in [6.07, 6.45) is 0. The molecule has 0 unspecified atom stereocenters. The van der Waals surface area contributed by atoms with Gasteiger partial charge in [-0.2, -0.15) is 0 Å². The molecule has 0 atom stereocenters. The molecule has 0 aromatic heterocycles. The zero-order valence-corrected chi connectivity index (χ0v) is 6.02. The molecule has 0 bridgehead atoms. The Kier molecular flexibility index (Phi) is 1.29. The van der Waals surface area contributed by atoms with Gasteiger partial charge in [-0.25, -0.2) is 4.90 Å². The fourth-order valence-electron chi connectivity index (χ4n) is 1.24. The first kappa shape index (κ1) is 6.05. The molecule has 0 N–H and O–H groups in total. The van der Waals surface area contributed by atoms with Gasteiger partial charge in [-0.05, 0) is 0 Å². The van der Waals surface area contributed by atoms with Crippen LogP contribution < -0.4 is 0 Å². The van der Waals surface area contributed by atoms with Gasteiger partial charge in [-0.1, -0.05) is 6.92 Å². The van der Waals surface area contributed by atoms with Crippen LogP contribution in [-0.2, 0) is 0 Å². The lowest BCUT2D eigenvalue weighted by molar-refractivity contribution is -0.962. The Morgan fingerprint density at radius 2 is 1.88 bits per heavy atom. The maximum absolute atomic E-state index is 2.43. The lowest BCUT2D eigenvalue weighted by atomic mass is 10.4. The van der Waals surface area contributed by atoms with Crippen molar-refractivity contribution in [3.05, 3.63) is 0 Å². The molecule has 0 radical (unpaired) electrons. The van der Waals surface area contributed by atoms with Crippen LogP contribution in [0, 0.1) is 0 Å². The van der Waals surface area contributed by atoms with Crippen LogP contribution in [0.4, 0.5) is 0 Å². The quantitative estimate of drug-likeness (QED) is 0.445. The van der Waals surface area contributed by atoms with E-state index in [0.29, 0.717) is 0 Å². The summed E-state index contributed by atoms with van der Waals surface area (Å²) in [5.41, 5.74) is 0. The average molecular weight is 115 g/mol. The van der Waals surface area contributed by atoms with Crippen molar-refractivity contribution in [1.82, 2.24) is 4.90 Å². The fraction of sp³-hybridized carbons (Fsp3) is 1.00. The zero-order chi connectivity index (χ0) is 6.20. The standard InChI is InChI=1S/C6H15N2/c1-4-7-5-8(2,3)6-7/h4-6H2,1-3H3/q+1. The lowest BCUT2D eigenvalue weighted by Crippen LogP contribution is -2.64. The molecule has 0 amide bonds. The van der Waals surface area contributed by atoms with E-state index in [9.17, 15) is 0 Å². The molecule has 1 rings (SSSR count). The second-order valence-corrected chi connectivity index (χ2v) is 3.21. The van der Waals surface area contributed by atoms with Crippen molar-refractivity contribution in [3.8, 4) is 0 Å². The van der Waals surface area contributed by atoms with E-state index in [1.165, 1.54) is 24.4 Å². The molecule has 1 saturated heterocycles. The molecule has 8 heavy (non-hydrogen) atoms.